The molecule has 0 aliphatic heterocycles. The van der Waals surface area contributed by atoms with Crippen LogP contribution < -0.4 is 20.9 Å². The number of hydrogen-bond acceptors (Lipinski definition) is 17. The van der Waals surface area contributed by atoms with Gasteiger partial charge >= 0.3 is 0 Å². The fraction of sp³-hybridized carbons (Fsp3) is 0.103. The van der Waals surface area contributed by atoms with Crippen LogP contribution in [0, 0.1) is 0 Å². The summed E-state index contributed by atoms with van der Waals surface area (Å²) in [6.07, 6.45) is 0. The number of aromatic hydroxyl groups is 2. The van der Waals surface area contributed by atoms with Gasteiger partial charge in [0.05, 0.1) is 31.8 Å². The molecule has 55 heavy (non-hydrogen) atoms. The van der Waals surface area contributed by atoms with Gasteiger partial charge in [0.15, 0.2) is 0 Å². The van der Waals surface area contributed by atoms with E-state index in [9.17, 15) is 66.9 Å². The zero-order valence-corrected chi connectivity index (χ0v) is 30.8. The Morgan fingerprint density at radius 2 is 1.25 bits per heavy atom. The Hall–Kier alpha value is -5.74. The Morgan fingerprint density at radius 3 is 1.85 bits per heavy atom. The highest BCUT2D eigenvalue weighted by atomic mass is 32.2. The Bertz CT molecular complexity index is 2820. The van der Waals surface area contributed by atoms with Crippen LogP contribution in [-0.2, 0) is 40.5 Å². The molecule has 26 heteroatoms. The number of nitrogens with zero attached hydrogens (tertiary/aromatic N) is 4. The number of fused-ring (bicyclic) bond motifs is 1. The van der Waals surface area contributed by atoms with Gasteiger partial charge in [-0.25, -0.2) is 0 Å². The van der Waals surface area contributed by atoms with Crippen LogP contribution in [0.4, 0.5) is 34.9 Å². The van der Waals surface area contributed by atoms with E-state index in [1.807, 2.05) is 0 Å². The number of rotatable bonds is 13. The van der Waals surface area contributed by atoms with E-state index in [1.165, 1.54) is 36.2 Å². The lowest BCUT2D eigenvalue weighted by atomic mass is 10.1. The topological polar surface area (TPSA) is 353 Å². The maximum absolute atomic E-state index is 13.5. The van der Waals surface area contributed by atoms with Gasteiger partial charge in [-0.05, 0) is 60.0 Å². The Labute approximate surface area is 311 Å². The van der Waals surface area contributed by atoms with E-state index in [0.29, 0.717) is 6.07 Å². The molecule has 1 aromatic heterocycles. The number of carbonyl (C=O) groups excluding carboxylic acids is 1. The third kappa shape index (κ3) is 10.1. The van der Waals surface area contributed by atoms with E-state index in [2.05, 4.69) is 30.9 Å². The van der Waals surface area contributed by atoms with Crippen molar-refractivity contribution >= 4 is 92.1 Å². The van der Waals surface area contributed by atoms with Gasteiger partial charge in [0, 0.05) is 36.3 Å². The summed E-state index contributed by atoms with van der Waals surface area (Å²) < 4.78 is 131. The number of nitrogens with one attached hydrogen (secondary N) is 3. The monoisotopic (exact) mass is 841 g/mol. The molecular formula is C29H27N7O15S4. The molecule has 0 radical (unpaired) electrons. The van der Waals surface area contributed by atoms with Crippen LogP contribution >= 0.6 is 0 Å². The van der Waals surface area contributed by atoms with Crippen LogP contribution in [0.3, 0.4) is 0 Å². The average molecular weight is 842 g/mol. The number of amides is 1. The smallest absolute Gasteiger partial charge is 0.294 e. The molecule has 5 rings (SSSR count). The quantitative estimate of drug-likeness (QED) is 0.0606. The highest BCUT2D eigenvalue weighted by molar-refractivity contribution is 7.86. The van der Waals surface area contributed by atoms with Crippen molar-refractivity contribution in [2.24, 2.45) is 0 Å². The standard InChI is InChI=1S/C29H27N7O15S4/c1-36(7-8-52(40,41)42)29-34-27(33-28(35-29)32-21-12-18(53(43,44)45)5-6-23(21)37)30-17-4-2-3-15(9-17)26(39)31-22-13-19(54(46,47)48)10-16-11-20(55(49,50)51)14-24(38)25(16)22/h2-6,9-14,37-38H,7-8H2,1H3,(H,31,39)(H,40,41,42)(H,43,44,45)(H,46,47,48)(H,49,50,51)(H2,30,32,33,34,35). The van der Waals surface area contributed by atoms with Crippen LogP contribution in [0.5, 0.6) is 11.5 Å². The molecular weight excluding hydrogens is 815 g/mol. The van der Waals surface area contributed by atoms with Crippen molar-refractivity contribution in [3.05, 3.63) is 72.3 Å². The zero-order valence-electron chi connectivity index (χ0n) is 27.5. The highest BCUT2D eigenvalue weighted by Crippen LogP contribution is 2.37. The van der Waals surface area contributed by atoms with Gasteiger partial charge in [0.25, 0.3) is 46.4 Å². The summed E-state index contributed by atoms with van der Waals surface area (Å²) in [5.74, 6) is -3.79. The summed E-state index contributed by atoms with van der Waals surface area (Å²) in [5.41, 5.74) is -0.678. The first-order valence-corrected chi connectivity index (χ1v) is 20.7. The van der Waals surface area contributed by atoms with E-state index in [4.69, 9.17) is 0 Å². The van der Waals surface area contributed by atoms with E-state index in [0.717, 1.165) is 36.4 Å². The van der Waals surface area contributed by atoms with Crippen LogP contribution in [0.25, 0.3) is 10.8 Å². The molecule has 0 aliphatic rings. The van der Waals surface area contributed by atoms with Gasteiger partial charge < -0.3 is 31.1 Å². The molecule has 0 saturated heterocycles. The Balaban J connectivity index is 1.51. The number of phenols is 2. The predicted molar refractivity (Wildman–Crippen MR) is 194 cm³/mol. The fourth-order valence-electron chi connectivity index (χ4n) is 4.79. The van der Waals surface area contributed by atoms with Crippen LogP contribution in [-0.4, -0.2) is 102 Å². The maximum atomic E-state index is 13.5. The SMILES string of the molecule is CN(CCS(=O)(=O)O)c1nc(Nc2cccc(C(=O)Nc3cc(S(=O)(=O)O)cc4cc(S(=O)(=O)O)cc(O)c34)c2)nc(Nc2cc(S(=O)(=O)O)ccc2O)n1. The lowest BCUT2D eigenvalue weighted by Gasteiger charge is -2.18. The van der Waals surface area contributed by atoms with Crippen molar-refractivity contribution < 1.29 is 66.9 Å². The van der Waals surface area contributed by atoms with Gasteiger partial charge in [0.1, 0.15) is 11.5 Å². The summed E-state index contributed by atoms with van der Waals surface area (Å²) in [4.78, 5) is 24.9. The second-order valence-electron chi connectivity index (χ2n) is 11.4. The van der Waals surface area contributed by atoms with Gasteiger partial charge in [-0.3, -0.25) is 23.0 Å². The van der Waals surface area contributed by atoms with Crippen molar-refractivity contribution in [1.29, 1.82) is 0 Å². The molecule has 0 saturated carbocycles. The number of anilines is 6. The fourth-order valence-corrected chi connectivity index (χ4v) is 6.88. The average Bonchev–Trinajstić information content (AvgIpc) is 3.06. The van der Waals surface area contributed by atoms with E-state index >= 15 is 0 Å². The van der Waals surface area contributed by atoms with Crippen molar-refractivity contribution in [3.8, 4) is 11.5 Å². The van der Waals surface area contributed by atoms with Gasteiger partial charge in [-0.2, -0.15) is 48.6 Å². The first-order valence-electron chi connectivity index (χ1n) is 14.8. The van der Waals surface area contributed by atoms with Gasteiger partial charge in [0.2, 0.25) is 17.8 Å². The first-order chi connectivity index (χ1) is 25.4. The van der Waals surface area contributed by atoms with Crippen molar-refractivity contribution in [2.45, 2.75) is 14.7 Å². The summed E-state index contributed by atoms with van der Waals surface area (Å²) in [6, 6.07) is 11.2. The van der Waals surface area contributed by atoms with Crippen LogP contribution in [0.1, 0.15) is 10.4 Å². The zero-order chi connectivity index (χ0) is 40.7. The second kappa shape index (κ2) is 14.8. The first kappa shape index (κ1) is 40.4. The molecule has 0 unspecified atom stereocenters. The largest absolute Gasteiger partial charge is 0.507 e. The lowest BCUT2D eigenvalue weighted by molar-refractivity contribution is 0.102. The van der Waals surface area contributed by atoms with Crippen LogP contribution in [0.15, 0.2) is 81.4 Å². The molecule has 0 bridgehead atoms. The summed E-state index contributed by atoms with van der Waals surface area (Å²) in [7, 11) is -17.6. The molecule has 4 aromatic carbocycles. The molecule has 9 N–H and O–H groups in total. The van der Waals surface area contributed by atoms with Gasteiger partial charge in [-0.15, -0.1) is 0 Å². The molecule has 22 nitrogen and oxygen atoms in total. The third-order valence-electron chi connectivity index (χ3n) is 7.36. The summed E-state index contributed by atoms with van der Waals surface area (Å²) >= 11 is 0. The summed E-state index contributed by atoms with van der Waals surface area (Å²) in [5, 5.41) is 28.1. The van der Waals surface area contributed by atoms with E-state index in [-0.39, 0.29) is 57.8 Å². The number of carbonyl (C=O) groups is 1. The molecule has 292 valence electrons. The van der Waals surface area contributed by atoms with Crippen molar-refractivity contribution in [1.82, 2.24) is 15.0 Å². The van der Waals surface area contributed by atoms with E-state index in [1.54, 1.807) is 0 Å². The highest BCUT2D eigenvalue weighted by Gasteiger charge is 2.22. The summed E-state index contributed by atoms with van der Waals surface area (Å²) in [6.45, 7) is -0.332. The number of benzene rings is 4. The molecule has 5 aromatic rings. The lowest BCUT2D eigenvalue weighted by Crippen LogP contribution is -2.27. The second-order valence-corrected chi connectivity index (χ2v) is 17.2. The minimum absolute atomic E-state index is 0.116. The molecule has 1 amide bonds. The maximum Gasteiger partial charge on any atom is 0.294 e. The van der Waals surface area contributed by atoms with E-state index < -0.39 is 78.3 Å². The predicted octanol–water partition coefficient (Wildman–Crippen LogP) is 2.24. The molecule has 0 fully saturated rings. The third-order valence-corrected chi connectivity index (χ3v) is 10.6. The molecule has 0 atom stereocenters. The molecule has 0 spiro atoms. The van der Waals surface area contributed by atoms with Crippen LogP contribution in [0.2, 0.25) is 0 Å². The molecule has 0 aliphatic carbocycles. The Morgan fingerprint density at radius 1 is 0.673 bits per heavy atom. The minimum Gasteiger partial charge on any atom is -0.507 e. The number of aromatic nitrogens is 3. The van der Waals surface area contributed by atoms with Crippen molar-refractivity contribution in [3.63, 3.8) is 0 Å². The number of hydrogen-bond donors (Lipinski definition) is 9. The van der Waals surface area contributed by atoms with Crippen molar-refractivity contribution in [2.75, 3.05) is 40.2 Å². The minimum atomic E-state index is -4.95. The Kier molecular flexibility index (Phi) is 10.9. The normalized spacial score (nSPS) is 12.3. The number of phenolic OH excluding ortho intramolecular Hbond substituents is 2. The van der Waals surface area contributed by atoms with Gasteiger partial charge in [-0.1, -0.05) is 6.07 Å². The molecule has 1 heterocycles.